The number of aliphatic hydroxyl groups is 1. The van der Waals surface area contributed by atoms with Gasteiger partial charge in [-0.3, -0.25) is 9.69 Å². The number of ether oxygens (including phenoxy) is 3. The Kier molecular flexibility index (Phi) is 8.87. The van der Waals surface area contributed by atoms with Gasteiger partial charge in [0, 0.05) is 25.7 Å². The molecule has 7 nitrogen and oxygen atoms in total. The van der Waals surface area contributed by atoms with Crippen molar-refractivity contribution in [3.05, 3.63) is 29.0 Å². The molecule has 1 aliphatic heterocycles. The van der Waals surface area contributed by atoms with Crippen molar-refractivity contribution >= 4 is 6.29 Å². The van der Waals surface area contributed by atoms with Gasteiger partial charge in [-0.2, -0.15) is 0 Å². The lowest BCUT2D eigenvalue weighted by molar-refractivity contribution is 0.0320. The zero-order chi connectivity index (χ0) is 22.1. The quantitative estimate of drug-likeness (QED) is 0.424. The zero-order valence-electron chi connectivity index (χ0n) is 18.9. The highest BCUT2D eigenvalue weighted by Gasteiger charge is 2.29. The minimum absolute atomic E-state index is 0.370. The Morgan fingerprint density at radius 3 is 2.77 bits per heavy atom. The number of nitrogens with zero attached hydrogens (tertiary/aromatic N) is 2. The molecule has 0 bridgehead atoms. The van der Waals surface area contributed by atoms with E-state index in [2.05, 4.69) is 16.8 Å². The summed E-state index contributed by atoms with van der Waals surface area (Å²) in [5.74, 6) is 0.870. The third kappa shape index (κ3) is 6.76. The molecule has 1 aromatic rings. The fourth-order valence-electron chi connectivity index (χ4n) is 4.41. The van der Waals surface area contributed by atoms with E-state index in [-0.39, 0.29) is 0 Å². The van der Waals surface area contributed by atoms with Crippen LogP contribution >= 0.6 is 0 Å². The van der Waals surface area contributed by atoms with Crippen LogP contribution in [0.25, 0.3) is 0 Å². The Morgan fingerprint density at radius 1 is 1.26 bits per heavy atom. The van der Waals surface area contributed by atoms with Crippen LogP contribution in [0.4, 0.5) is 0 Å². The molecule has 7 heteroatoms. The van der Waals surface area contributed by atoms with Gasteiger partial charge in [0.2, 0.25) is 5.88 Å². The predicted octanol–water partition coefficient (Wildman–Crippen LogP) is 3.41. The zero-order valence-corrected chi connectivity index (χ0v) is 18.9. The second kappa shape index (κ2) is 11.6. The molecular formula is C24H36N2O5. The minimum atomic E-state index is -0.794. The van der Waals surface area contributed by atoms with Crippen LogP contribution in [0, 0.1) is 0 Å². The monoisotopic (exact) mass is 432 g/mol. The molecule has 2 aliphatic rings. The van der Waals surface area contributed by atoms with Crippen molar-refractivity contribution in [2.45, 2.75) is 58.0 Å². The third-order valence-corrected chi connectivity index (χ3v) is 6.13. The fourth-order valence-corrected chi connectivity index (χ4v) is 4.41. The smallest absolute Gasteiger partial charge is 0.214 e. The summed E-state index contributed by atoms with van der Waals surface area (Å²) in [6.45, 7) is 8.99. The molecule has 0 spiro atoms. The number of hydrogen-bond donors (Lipinski definition) is 1. The summed E-state index contributed by atoms with van der Waals surface area (Å²) in [5, 5.41) is 10.9. The van der Waals surface area contributed by atoms with Crippen LogP contribution < -0.4 is 9.47 Å². The molecule has 0 aromatic carbocycles. The largest absolute Gasteiger partial charge is 0.487 e. The number of rotatable bonds is 11. The lowest BCUT2D eigenvalue weighted by Crippen LogP contribution is -2.38. The summed E-state index contributed by atoms with van der Waals surface area (Å²) in [4.78, 5) is 18.2. The Bertz CT molecular complexity index is 756. The van der Waals surface area contributed by atoms with E-state index in [4.69, 9.17) is 14.2 Å². The maximum atomic E-state index is 11.6. The third-order valence-electron chi connectivity index (χ3n) is 6.13. The highest BCUT2D eigenvalue weighted by molar-refractivity contribution is 5.79. The van der Waals surface area contributed by atoms with Gasteiger partial charge in [0.05, 0.1) is 30.6 Å². The van der Waals surface area contributed by atoms with Crippen LogP contribution in [-0.4, -0.2) is 72.9 Å². The van der Waals surface area contributed by atoms with E-state index in [1.54, 1.807) is 12.3 Å². The average molecular weight is 433 g/mol. The molecule has 172 valence electrons. The van der Waals surface area contributed by atoms with Crippen molar-refractivity contribution < 1.29 is 24.1 Å². The normalized spacial score (nSPS) is 19.7. The molecule has 0 radical (unpaired) electrons. The standard InChI is InChI=1S/C24H36N2O5/c1-3-8-24(2,28)21-7-5-4-6-19(21)18-31-22-16-25-23(15-20(22)17-27)30-14-11-26-9-12-29-13-10-26/h15-17,28H,3-14,18H2,1-2H3. The van der Waals surface area contributed by atoms with E-state index >= 15 is 0 Å². The molecule has 31 heavy (non-hydrogen) atoms. The van der Waals surface area contributed by atoms with Crippen LogP contribution in [0.5, 0.6) is 11.6 Å². The van der Waals surface area contributed by atoms with Gasteiger partial charge in [0.15, 0.2) is 6.29 Å². The maximum absolute atomic E-state index is 11.6. The first-order valence-electron chi connectivity index (χ1n) is 11.5. The molecule has 1 fully saturated rings. The average Bonchev–Trinajstić information content (AvgIpc) is 2.79. The molecule has 1 aliphatic carbocycles. The first-order chi connectivity index (χ1) is 15.0. The van der Waals surface area contributed by atoms with Gasteiger partial charge < -0.3 is 19.3 Å². The lowest BCUT2D eigenvalue weighted by atomic mass is 9.80. The summed E-state index contributed by atoms with van der Waals surface area (Å²) in [6.07, 6.45) is 8.01. The number of pyridine rings is 1. The highest BCUT2D eigenvalue weighted by Crippen LogP contribution is 2.35. The van der Waals surface area contributed by atoms with Crippen LogP contribution in [0.1, 0.15) is 62.7 Å². The molecule has 2 heterocycles. The number of carbonyl (C=O) groups is 1. The summed E-state index contributed by atoms with van der Waals surface area (Å²) in [5.41, 5.74) is 1.88. The minimum Gasteiger partial charge on any atom is -0.487 e. The van der Waals surface area contributed by atoms with Crippen molar-refractivity contribution in [3.8, 4) is 11.6 Å². The lowest BCUT2D eigenvalue weighted by Gasteiger charge is -2.32. The molecule has 0 saturated carbocycles. The number of carbonyl (C=O) groups excluding carboxylic acids is 1. The number of aldehydes is 1. The molecule has 1 aromatic heterocycles. The Hall–Kier alpha value is -1.96. The molecule has 1 saturated heterocycles. The highest BCUT2D eigenvalue weighted by atomic mass is 16.5. The van der Waals surface area contributed by atoms with Crippen molar-refractivity contribution in [2.75, 3.05) is 46.1 Å². The second-order valence-electron chi connectivity index (χ2n) is 8.58. The summed E-state index contributed by atoms with van der Waals surface area (Å²) in [7, 11) is 0. The van der Waals surface area contributed by atoms with Crippen molar-refractivity contribution in [2.24, 2.45) is 0 Å². The van der Waals surface area contributed by atoms with Crippen molar-refractivity contribution in [1.82, 2.24) is 9.88 Å². The molecule has 1 atom stereocenters. The van der Waals surface area contributed by atoms with E-state index in [1.165, 1.54) is 0 Å². The molecule has 3 rings (SSSR count). The molecule has 1 unspecified atom stereocenters. The van der Waals surface area contributed by atoms with E-state index in [1.807, 2.05) is 6.92 Å². The van der Waals surface area contributed by atoms with Gasteiger partial charge in [-0.25, -0.2) is 4.98 Å². The SMILES string of the molecule is CCCC(C)(O)C1=C(COc2cnc(OCCN3CCOCC3)cc2C=O)CCCC1. The summed E-state index contributed by atoms with van der Waals surface area (Å²) in [6, 6.07) is 1.63. The Labute approximate surface area is 185 Å². The first-order valence-corrected chi connectivity index (χ1v) is 11.5. The van der Waals surface area contributed by atoms with E-state index in [0.29, 0.717) is 30.4 Å². The van der Waals surface area contributed by atoms with Crippen LogP contribution in [-0.2, 0) is 4.74 Å². The number of morpholine rings is 1. The van der Waals surface area contributed by atoms with Crippen LogP contribution in [0.2, 0.25) is 0 Å². The van der Waals surface area contributed by atoms with E-state index in [9.17, 15) is 9.90 Å². The first kappa shape index (κ1) is 23.7. The van der Waals surface area contributed by atoms with Crippen molar-refractivity contribution in [3.63, 3.8) is 0 Å². The summed E-state index contributed by atoms with van der Waals surface area (Å²) < 4.78 is 17.1. The fraction of sp³-hybridized carbons (Fsp3) is 0.667. The van der Waals surface area contributed by atoms with E-state index < -0.39 is 5.60 Å². The van der Waals surface area contributed by atoms with Gasteiger partial charge >= 0.3 is 0 Å². The topological polar surface area (TPSA) is 81.1 Å². The van der Waals surface area contributed by atoms with Gasteiger partial charge in [0.1, 0.15) is 19.0 Å². The Balaban J connectivity index is 1.60. The summed E-state index contributed by atoms with van der Waals surface area (Å²) >= 11 is 0. The van der Waals surface area contributed by atoms with Gasteiger partial charge in [-0.15, -0.1) is 0 Å². The van der Waals surface area contributed by atoms with Crippen molar-refractivity contribution in [1.29, 1.82) is 0 Å². The van der Waals surface area contributed by atoms with Crippen LogP contribution in [0.3, 0.4) is 0 Å². The molecular weight excluding hydrogens is 396 g/mol. The number of aromatic nitrogens is 1. The second-order valence-corrected chi connectivity index (χ2v) is 8.58. The Morgan fingerprint density at radius 2 is 2.03 bits per heavy atom. The van der Waals surface area contributed by atoms with Gasteiger partial charge in [0.25, 0.3) is 0 Å². The molecule has 0 amide bonds. The van der Waals surface area contributed by atoms with E-state index in [0.717, 1.165) is 88.8 Å². The van der Waals surface area contributed by atoms with Crippen LogP contribution in [0.15, 0.2) is 23.4 Å². The maximum Gasteiger partial charge on any atom is 0.214 e. The number of hydrogen-bond acceptors (Lipinski definition) is 7. The van der Waals surface area contributed by atoms with Gasteiger partial charge in [-0.05, 0) is 50.2 Å². The molecule has 1 N–H and O–H groups in total. The van der Waals surface area contributed by atoms with Gasteiger partial charge in [-0.1, -0.05) is 13.3 Å². The predicted molar refractivity (Wildman–Crippen MR) is 119 cm³/mol.